The first kappa shape index (κ1) is 24.1. The van der Waals surface area contributed by atoms with E-state index < -0.39 is 22.0 Å². The highest BCUT2D eigenvalue weighted by Gasteiger charge is 2.32. The van der Waals surface area contributed by atoms with E-state index in [2.05, 4.69) is 17.2 Å². The van der Waals surface area contributed by atoms with Crippen LogP contribution in [0, 0.1) is 13.8 Å². The number of hydrogen-bond acceptors (Lipinski definition) is 4. The molecule has 0 saturated carbocycles. The molecule has 0 fully saturated rings. The van der Waals surface area contributed by atoms with Gasteiger partial charge in [0.15, 0.2) is 0 Å². The zero-order chi connectivity index (χ0) is 23.2. The molecule has 0 radical (unpaired) electrons. The Morgan fingerprint density at radius 3 is 2.29 bits per heavy atom. The van der Waals surface area contributed by atoms with E-state index in [1.54, 1.807) is 49.4 Å². The maximum absolute atomic E-state index is 13.2. The molecule has 0 aliphatic heterocycles. The fraction of sp³-hybridized carbons (Fsp3) is 0.304. The highest BCUT2D eigenvalue weighted by atomic mass is 32.2. The standard InChI is InChI=1S/C23H29N3O4S/c1-6-12-24-22(27)19-10-8-9-11-20(19)25-23(28)21(7-2)26(31(5,29)30)18-14-16(3)13-17(4)15-18/h6,8-11,13-15,21H,1,7,12H2,2-5H3,(H,24,27)(H,25,28). The van der Waals surface area contributed by atoms with Crippen molar-refractivity contribution in [2.24, 2.45) is 0 Å². The molecule has 166 valence electrons. The number of carbonyl (C=O) groups excluding carboxylic acids is 2. The number of para-hydroxylation sites is 1. The summed E-state index contributed by atoms with van der Waals surface area (Å²) in [4.78, 5) is 25.6. The fourth-order valence-corrected chi connectivity index (χ4v) is 4.60. The average molecular weight is 444 g/mol. The molecular formula is C23H29N3O4S. The summed E-state index contributed by atoms with van der Waals surface area (Å²) in [5.74, 6) is -0.880. The molecule has 2 aromatic rings. The first-order chi connectivity index (χ1) is 14.6. The Labute approximate surface area is 184 Å². The lowest BCUT2D eigenvalue weighted by Crippen LogP contribution is -2.47. The molecule has 0 aliphatic rings. The van der Waals surface area contributed by atoms with Gasteiger partial charge in [-0.15, -0.1) is 6.58 Å². The molecule has 0 saturated heterocycles. The normalized spacial score (nSPS) is 12.0. The third-order valence-corrected chi connectivity index (χ3v) is 5.81. The minimum absolute atomic E-state index is 0.247. The van der Waals surface area contributed by atoms with Gasteiger partial charge in [0.2, 0.25) is 15.9 Å². The Bertz CT molecular complexity index is 1060. The summed E-state index contributed by atoms with van der Waals surface area (Å²) < 4.78 is 26.5. The van der Waals surface area contributed by atoms with Crippen LogP contribution in [0.4, 0.5) is 11.4 Å². The molecule has 2 aromatic carbocycles. The Kier molecular flexibility index (Phi) is 7.99. The number of anilines is 2. The second-order valence-electron chi connectivity index (χ2n) is 7.36. The summed E-state index contributed by atoms with van der Waals surface area (Å²) >= 11 is 0. The van der Waals surface area contributed by atoms with Crippen LogP contribution in [0.1, 0.15) is 34.8 Å². The van der Waals surface area contributed by atoms with Gasteiger partial charge in [0.1, 0.15) is 6.04 Å². The Balaban J connectivity index is 2.42. The summed E-state index contributed by atoms with van der Waals surface area (Å²) in [6, 6.07) is 11.0. The SMILES string of the molecule is C=CCNC(=O)c1ccccc1NC(=O)C(CC)N(c1cc(C)cc(C)c1)S(C)(=O)=O. The number of nitrogens with one attached hydrogen (secondary N) is 2. The number of rotatable bonds is 9. The summed E-state index contributed by atoms with van der Waals surface area (Å²) in [6.07, 6.45) is 2.88. The quantitative estimate of drug-likeness (QED) is 0.581. The minimum Gasteiger partial charge on any atom is -0.349 e. The molecule has 1 unspecified atom stereocenters. The van der Waals surface area contributed by atoms with Crippen molar-refractivity contribution in [2.75, 3.05) is 22.4 Å². The van der Waals surface area contributed by atoms with E-state index in [0.717, 1.165) is 21.7 Å². The van der Waals surface area contributed by atoms with Gasteiger partial charge in [-0.1, -0.05) is 31.2 Å². The van der Waals surface area contributed by atoms with Crippen molar-refractivity contribution in [2.45, 2.75) is 33.2 Å². The van der Waals surface area contributed by atoms with Crippen LogP contribution in [-0.2, 0) is 14.8 Å². The maximum Gasteiger partial charge on any atom is 0.253 e. The Morgan fingerprint density at radius 2 is 1.74 bits per heavy atom. The number of aryl methyl sites for hydroxylation is 2. The van der Waals surface area contributed by atoms with Crippen molar-refractivity contribution in [3.63, 3.8) is 0 Å². The third-order valence-electron chi connectivity index (χ3n) is 4.63. The summed E-state index contributed by atoms with van der Waals surface area (Å²) in [5.41, 5.74) is 2.80. The second kappa shape index (κ2) is 10.3. The minimum atomic E-state index is -3.76. The Morgan fingerprint density at radius 1 is 1.13 bits per heavy atom. The predicted molar refractivity (Wildman–Crippen MR) is 125 cm³/mol. The molecule has 8 heteroatoms. The molecule has 31 heavy (non-hydrogen) atoms. The van der Waals surface area contributed by atoms with Crippen molar-refractivity contribution in [1.29, 1.82) is 0 Å². The average Bonchev–Trinajstić information content (AvgIpc) is 2.68. The van der Waals surface area contributed by atoms with Crippen LogP contribution >= 0.6 is 0 Å². The van der Waals surface area contributed by atoms with Gasteiger partial charge < -0.3 is 10.6 Å². The van der Waals surface area contributed by atoms with Gasteiger partial charge in [-0.05, 0) is 55.7 Å². The van der Waals surface area contributed by atoms with Gasteiger partial charge in [0, 0.05) is 6.54 Å². The fourth-order valence-electron chi connectivity index (χ4n) is 3.40. The lowest BCUT2D eigenvalue weighted by molar-refractivity contribution is -0.117. The molecule has 2 rings (SSSR count). The molecule has 0 aromatic heterocycles. The molecule has 2 amide bonds. The van der Waals surface area contributed by atoms with Crippen LogP contribution in [0.5, 0.6) is 0 Å². The van der Waals surface area contributed by atoms with E-state index in [4.69, 9.17) is 0 Å². The Hall–Kier alpha value is -3.13. The second-order valence-corrected chi connectivity index (χ2v) is 9.22. The van der Waals surface area contributed by atoms with E-state index in [9.17, 15) is 18.0 Å². The predicted octanol–water partition coefficient (Wildman–Crippen LogP) is 3.40. The first-order valence-corrected chi connectivity index (χ1v) is 11.8. The zero-order valence-corrected chi connectivity index (χ0v) is 19.1. The van der Waals surface area contributed by atoms with Crippen molar-refractivity contribution in [3.8, 4) is 0 Å². The highest BCUT2D eigenvalue weighted by Crippen LogP contribution is 2.26. The molecule has 0 bridgehead atoms. The van der Waals surface area contributed by atoms with Crippen LogP contribution in [-0.4, -0.2) is 39.1 Å². The highest BCUT2D eigenvalue weighted by molar-refractivity contribution is 7.92. The van der Waals surface area contributed by atoms with Crippen LogP contribution in [0.15, 0.2) is 55.1 Å². The van der Waals surface area contributed by atoms with Crippen LogP contribution in [0.25, 0.3) is 0 Å². The molecule has 0 aliphatic carbocycles. The van der Waals surface area contributed by atoms with Crippen LogP contribution < -0.4 is 14.9 Å². The topological polar surface area (TPSA) is 95.6 Å². The first-order valence-electron chi connectivity index (χ1n) is 9.95. The molecular weight excluding hydrogens is 414 g/mol. The van der Waals surface area contributed by atoms with Crippen LogP contribution in [0.3, 0.4) is 0 Å². The lowest BCUT2D eigenvalue weighted by atomic mass is 10.1. The number of amides is 2. The lowest BCUT2D eigenvalue weighted by Gasteiger charge is -2.30. The molecule has 7 nitrogen and oxygen atoms in total. The van der Waals surface area contributed by atoms with Gasteiger partial charge in [-0.3, -0.25) is 13.9 Å². The molecule has 0 heterocycles. The van der Waals surface area contributed by atoms with Gasteiger partial charge in [-0.25, -0.2) is 8.42 Å². The van der Waals surface area contributed by atoms with E-state index >= 15 is 0 Å². The largest absolute Gasteiger partial charge is 0.349 e. The van der Waals surface area contributed by atoms with Crippen LogP contribution in [0.2, 0.25) is 0 Å². The number of benzene rings is 2. The van der Waals surface area contributed by atoms with Crippen molar-refractivity contribution in [1.82, 2.24) is 5.32 Å². The van der Waals surface area contributed by atoms with Crippen molar-refractivity contribution < 1.29 is 18.0 Å². The number of carbonyl (C=O) groups is 2. The van der Waals surface area contributed by atoms with E-state index in [1.807, 2.05) is 19.9 Å². The summed E-state index contributed by atoms with van der Waals surface area (Å²) in [5, 5.41) is 5.41. The maximum atomic E-state index is 13.2. The van der Waals surface area contributed by atoms with E-state index in [0.29, 0.717) is 11.4 Å². The number of nitrogens with zero attached hydrogens (tertiary/aromatic N) is 1. The van der Waals surface area contributed by atoms with Gasteiger partial charge >= 0.3 is 0 Å². The van der Waals surface area contributed by atoms with E-state index in [1.165, 1.54) is 0 Å². The monoisotopic (exact) mass is 443 g/mol. The summed E-state index contributed by atoms with van der Waals surface area (Å²) in [7, 11) is -3.76. The molecule has 1 atom stereocenters. The van der Waals surface area contributed by atoms with Crippen molar-refractivity contribution in [3.05, 3.63) is 71.8 Å². The smallest absolute Gasteiger partial charge is 0.253 e. The van der Waals surface area contributed by atoms with E-state index in [-0.39, 0.29) is 24.4 Å². The molecule has 2 N–H and O–H groups in total. The van der Waals surface area contributed by atoms with Crippen molar-refractivity contribution >= 4 is 33.2 Å². The number of hydrogen-bond donors (Lipinski definition) is 2. The number of sulfonamides is 1. The molecule has 0 spiro atoms. The van der Waals surface area contributed by atoms with Gasteiger partial charge in [-0.2, -0.15) is 0 Å². The summed E-state index contributed by atoms with van der Waals surface area (Å²) in [6.45, 7) is 9.34. The third kappa shape index (κ3) is 6.18. The van der Waals surface area contributed by atoms with Gasteiger partial charge in [0.05, 0.1) is 23.2 Å². The zero-order valence-electron chi connectivity index (χ0n) is 18.3. The van der Waals surface area contributed by atoms with Gasteiger partial charge in [0.25, 0.3) is 5.91 Å².